The number of rotatable bonds is 8. The van der Waals surface area contributed by atoms with Gasteiger partial charge in [0.2, 0.25) is 0 Å². The highest BCUT2D eigenvalue weighted by Gasteiger charge is 2.15. The van der Waals surface area contributed by atoms with Crippen molar-refractivity contribution in [3.05, 3.63) is 80.6 Å². The molecule has 3 aromatic rings. The van der Waals surface area contributed by atoms with Gasteiger partial charge < -0.3 is 9.47 Å². The van der Waals surface area contributed by atoms with E-state index in [2.05, 4.69) is 18.9 Å². The standard InChI is InChI=1S/C27H31ClN2O3/c1-16(2)22-14-23(28)17(3)12-26(22)33-15-21-13-20(9-11-25(21)32-7)8-10-24(31)27-18(4)29-30(6)19(27)5/h8-14,16H,15H2,1-7H3/b10-8+. The molecule has 0 radical (unpaired) electrons. The minimum absolute atomic E-state index is 0.0649. The van der Waals surface area contributed by atoms with Crippen LogP contribution in [-0.4, -0.2) is 22.7 Å². The van der Waals surface area contributed by atoms with Gasteiger partial charge >= 0.3 is 0 Å². The van der Waals surface area contributed by atoms with Crippen molar-refractivity contribution >= 4 is 23.5 Å². The molecule has 0 spiro atoms. The number of benzene rings is 2. The van der Waals surface area contributed by atoms with Crippen molar-refractivity contribution < 1.29 is 14.3 Å². The van der Waals surface area contributed by atoms with Crippen molar-refractivity contribution in [1.29, 1.82) is 0 Å². The van der Waals surface area contributed by atoms with Crippen LogP contribution in [0.2, 0.25) is 5.02 Å². The number of ether oxygens (including phenoxy) is 2. The molecule has 0 saturated heterocycles. The highest BCUT2D eigenvalue weighted by molar-refractivity contribution is 6.31. The van der Waals surface area contributed by atoms with Crippen molar-refractivity contribution in [2.75, 3.05) is 7.11 Å². The van der Waals surface area contributed by atoms with Crippen molar-refractivity contribution in [1.82, 2.24) is 9.78 Å². The van der Waals surface area contributed by atoms with E-state index >= 15 is 0 Å². The average molecular weight is 467 g/mol. The fourth-order valence-corrected chi connectivity index (χ4v) is 3.97. The maximum atomic E-state index is 12.8. The first kappa shape index (κ1) is 24.6. The molecule has 0 aliphatic carbocycles. The minimum Gasteiger partial charge on any atom is -0.496 e. The molecule has 0 aliphatic heterocycles. The second-order valence-electron chi connectivity index (χ2n) is 8.52. The molecular formula is C27H31ClN2O3. The molecule has 1 heterocycles. The highest BCUT2D eigenvalue weighted by atomic mass is 35.5. The van der Waals surface area contributed by atoms with Crippen LogP contribution in [0, 0.1) is 20.8 Å². The predicted molar refractivity (Wildman–Crippen MR) is 134 cm³/mol. The van der Waals surface area contributed by atoms with E-state index in [-0.39, 0.29) is 11.7 Å². The molecule has 0 bridgehead atoms. The first-order chi connectivity index (χ1) is 15.6. The molecule has 0 saturated carbocycles. The highest BCUT2D eigenvalue weighted by Crippen LogP contribution is 2.33. The van der Waals surface area contributed by atoms with Gasteiger partial charge in [0.15, 0.2) is 5.78 Å². The van der Waals surface area contributed by atoms with Crippen LogP contribution in [0.15, 0.2) is 36.4 Å². The number of hydrogen-bond donors (Lipinski definition) is 0. The molecule has 0 fully saturated rings. The van der Waals surface area contributed by atoms with E-state index < -0.39 is 0 Å². The summed E-state index contributed by atoms with van der Waals surface area (Å²) in [6, 6.07) is 9.73. The number of aromatic nitrogens is 2. The predicted octanol–water partition coefficient (Wildman–Crippen LogP) is 6.61. The summed E-state index contributed by atoms with van der Waals surface area (Å²) in [6.45, 7) is 10.3. The lowest BCUT2D eigenvalue weighted by Crippen LogP contribution is -2.03. The Labute approximate surface area is 201 Å². The van der Waals surface area contributed by atoms with Crippen molar-refractivity contribution in [2.45, 2.75) is 47.1 Å². The van der Waals surface area contributed by atoms with Gasteiger partial charge in [0.1, 0.15) is 18.1 Å². The Kier molecular flexibility index (Phi) is 7.65. The van der Waals surface area contributed by atoms with Gasteiger partial charge in [0.05, 0.1) is 18.4 Å². The molecular weight excluding hydrogens is 436 g/mol. The second-order valence-corrected chi connectivity index (χ2v) is 8.93. The fourth-order valence-electron chi connectivity index (χ4n) is 3.80. The summed E-state index contributed by atoms with van der Waals surface area (Å²) >= 11 is 6.32. The quantitative estimate of drug-likeness (QED) is 0.277. The number of halogens is 1. The van der Waals surface area contributed by atoms with Gasteiger partial charge in [-0.05, 0) is 73.7 Å². The monoisotopic (exact) mass is 466 g/mol. The van der Waals surface area contributed by atoms with E-state index in [0.717, 1.165) is 50.2 Å². The zero-order chi connectivity index (χ0) is 24.3. The number of nitrogens with zero attached hydrogens (tertiary/aromatic N) is 2. The molecule has 33 heavy (non-hydrogen) atoms. The molecule has 174 valence electrons. The van der Waals surface area contributed by atoms with Crippen LogP contribution in [0.5, 0.6) is 11.5 Å². The summed E-state index contributed by atoms with van der Waals surface area (Å²) < 4.78 is 13.5. The van der Waals surface area contributed by atoms with Gasteiger partial charge in [-0.25, -0.2) is 0 Å². The van der Waals surface area contributed by atoms with Crippen molar-refractivity contribution in [3.63, 3.8) is 0 Å². The third-order valence-electron chi connectivity index (χ3n) is 5.78. The lowest BCUT2D eigenvalue weighted by Gasteiger charge is -2.17. The largest absolute Gasteiger partial charge is 0.496 e. The maximum Gasteiger partial charge on any atom is 0.189 e. The lowest BCUT2D eigenvalue weighted by molar-refractivity contribution is 0.104. The number of methoxy groups -OCH3 is 1. The molecule has 5 nitrogen and oxygen atoms in total. The Hall–Kier alpha value is -3.05. The Morgan fingerprint density at radius 3 is 2.48 bits per heavy atom. The summed E-state index contributed by atoms with van der Waals surface area (Å²) in [6.07, 6.45) is 3.39. The maximum absolute atomic E-state index is 12.8. The molecule has 0 amide bonds. The second kappa shape index (κ2) is 10.3. The molecule has 0 atom stereocenters. The average Bonchev–Trinajstić information content (AvgIpc) is 3.03. The molecule has 2 aromatic carbocycles. The third kappa shape index (κ3) is 5.48. The van der Waals surface area contributed by atoms with E-state index in [1.165, 1.54) is 0 Å². The van der Waals surface area contributed by atoms with Crippen LogP contribution in [-0.2, 0) is 13.7 Å². The topological polar surface area (TPSA) is 53.3 Å². The van der Waals surface area contributed by atoms with Crippen LogP contribution >= 0.6 is 11.6 Å². The summed E-state index contributed by atoms with van der Waals surface area (Å²) in [5.74, 6) is 1.76. The Morgan fingerprint density at radius 2 is 1.88 bits per heavy atom. The third-order valence-corrected chi connectivity index (χ3v) is 6.19. The molecule has 1 aromatic heterocycles. The number of allylic oxidation sites excluding steroid dienone is 1. The van der Waals surface area contributed by atoms with Gasteiger partial charge in [-0.3, -0.25) is 9.48 Å². The van der Waals surface area contributed by atoms with E-state index in [1.807, 2.05) is 64.2 Å². The fraction of sp³-hybridized carbons (Fsp3) is 0.333. The summed E-state index contributed by atoms with van der Waals surface area (Å²) in [7, 11) is 3.48. The van der Waals surface area contributed by atoms with E-state index in [4.69, 9.17) is 21.1 Å². The Morgan fingerprint density at radius 1 is 1.15 bits per heavy atom. The van der Waals surface area contributed by atoms with E-state index in [0.29, 0.717) is 12.2 Å². The lowest BCUT2D eigenvalue weighted by atomic mass is 10.0. The molecule has 0 unspecified atom stereocenters. The van der Waals surface area contributed by atoms with Gasteiger partial charge in [-0.2, -0.15) is 5.10 Å². The number of hydrogen-bond acceptors (Lipinski definition) is 4. The van der Waals surface area contributed by atoms with E-state index in [1.54, 1.807) is 17.9 Å². The summed E-state index contributed by atoms with van der Waals surface area (Å²) in [4.78, 5) is 12.8. The number of carbonyl (C=O) groups excluding carboxylic acids is 1. The van der Waals surface area contributed by atoms with E-state index in [9.17, 15) is 4.79 Å². The molecule has 0 N–H and O–H groups in total. The zero-order valence-corrected chi connectivity index (χ0v) is 21.1. The number of aryl methyl sites for hydroxylation is 3. The first-order valence-electron chi connectivity index (χ1n) is 10.9. The van der Waals surface area contributed by atoms with Gasteiger partial charge in [-0.1, -0.05) is 37.6 Å². The van der Waals surface area contributed by atoms with Gasteiger partial charge in [0, 0.05) is 23.3 Å². The molecule has 0 aliphatic rings. The Balaban J connectivity index is 1.84. The number of carbonyl (C=O) groups is 1. The van der Waals surface area contributed by atoms with Crippen LogP contribution in [0.25, 0.3) is 6.08 Å². The Bertz CT molecular complexity index is 1210. The zero-order valence-electron chi connectivity index (χ0n) is 20.3. The first-order valence-corrected chi connectivity index (χ1v) is 11.3. The van der Waals surface area contributed by atoms with Gasteiger partial charge in [0.25, 0.3) is 0 Å². The summed E-state index contributed by atoms with van der Waals surface area (Å²) in [5, 5.41) is 5.06. The normalized spacial score (nSPS) is 11.4. The minimum atomic E-state index is -0.0649. The van der Waals surface area contributed by atoms with Crippen LogP contribution in [0.4, 0.5) is 0 Å². The molecule has 6 heteroatoms. The smallest absolute Gasteiger partial charge is 0.189 e. The van der Waals surface area contributed by atoms with Gasteiger partial charge in [-0.15, -0.1) is 0 Å². The van der Waals surface area contributed by atoms with Crippen molar-refractivity contribution in [3.8, 4) is 11.5 Å². The number of ketones is 1. The molecule has 3 rings (SSSR count). The van der Waals surface area contributed by atoms with Crippen LogP contribution in [0.3, 0.4) is 0 Å². The summed E-state index contributed by atoms with van der Waals surface area (Å²) in [5.41, 5.74) is 6.04. The van der Waals surface area contributed by atoms with Crippen LogP contribution in [0.1, 0.15) is 63.8 Å². The van der Waals surface area contributed by atoms with Crippen LogP contribution < -0.4 is 9.47 Å². The van der Waals surface area contributed by atoms with Crippen molar-refractivity contribution in [2.24, 2.45) is 7.05 Å². The SMILES string of the molecule is COc1ccc(/C=C/C(=O)c2c(C)nn(C)c2C)cc1COc1cc(C)c(Cl)cc1C(C)C.